The standard InChI is InChI=1S/C11H16O3/c1-12-10-8-6-3-4-7(5-6)9(8)11(13-2)14-10/h3-4,6-11H,5H2,1-2H3/t6-,7-,8+,9+,10+,11+/m0/s1. The van der Waals surface area contributed by atoms with Crippen LogP contribution in [-0.4, -0.2) is 26.8 Å². The molecule has 3 aliphatic rings. The molecule has 0 N–H and O–H groups in total. The van der Waals surface area contributed by atoms with Gasteiger partial charge in [0.2, 0.25) is 0 Å². The second kappa shape index (κ2) is 3.05. The molecule has 6 atom stereocenters. The first kappa shape index (κ1) is 8.89. The van der Waals surface area contributed by atoms with Gasteiger partial charge in [0.05, 0.1) is 0 Å². The zero-order valence-corrected chi connectivity index (χ0v) is 8.55. The van der Waals surface area contributed by atoms with Crippen LogP contribution < -0.4 is 0 Å². The van der Waals surface area contributed by atoms with Gasteiger partial charge in [0.25, 0.3) is 0 Å². The van der Waals surface area contributed by atoms with Crippen molar-refractivity contribution in [1.29, 1.82) is 0 Å². The van der Waals surface area contributed by atoms with Gasteiger partial charge in [-0.3, -0.25) is 0 Å². The predicted octanol–water partition coefficient (Wildman–Crippen LogP) is 1.40. The van der Waals surface area contributed by atoms with Crippen molar-refractivity contribution in [3.63, 3.8) is 0 Å². The van der Waals surface area contributed by atoms with Crippen LogP contribution in [0, 0.1) is 23.7 Å². The predicted molar refractivity (Wildman–Crippen MR) is 50.4 cm³/mol. The summed E-state index contributed by atoms with van der Waals surface area (Å²) in [5.41, 5.74) is 0. The van der Waals surface area contributed by atoms with E-state index in [9.17, 15) is 0 Å². The van der Waals surface area contributed by atoms with Crippen LogP contribution >= 0.6 is 0 Å². The minimum Gasteiger partial charge on any atom is -0.355 e. The summed E-state index contributed by atoms with van der Waals surface area (Å²) < 4.78 is 16.5. The van der Waals surface area contributed by atoms with Crippen LogP contribution in [0.2, 0.25) is 0 Å². The number of methoxy groups -OCH3 is 2. The number of rotatable bonds is 2. The van der Waals surface area contributed by atoms with E-state index < -0.39 is 0 Å². The molecule has 0 unspecified atom stereocenters. The van der Waals surface area contributed by atoms with Crippen molar-refractivity contribution >= 4 is 0 Å². The van der Waals surface area contributed by atoms with E-state index in [-0.39, 0.29) is 12.6 Å². The molecule has 2 bridgehead atoms. The molecular formula is C11H16O3. The van der Waals surface area contributed by atoms with Crippen LogP contribution in [0.5, 0.6) is 0 Å². The molecule has 78 valence electrons. The molecule has 1 saturated carbocycles. The van der Waals surface area contributed by atoms with Crippen molar-refractivity contribution in [3.8, 4) is 0 Å². The van der Waals surface area contributed by atoms with E-state index in [4.69, 9.17) is 14.2 Å². The Morgan fingerprint density at radius 3 is 1.93 bits per heavy atom. The lowest BCUT2D eigenvalue weighted by Crippen LogP contribution is -2.27. The first-order chi connectivity index (χ1) is 6.85. The molecule has 0 aromatic rings. The van der Waals surface area contributed by atoms with Crippen LogP contribution in [0.15, 0.2) is 12.2 Å². The molecule has 1 saturated heterocycles. The molecule has 2 aliphatic carbocycles. The zero-order valence-electron chi connectivity index (χ0n) is 8.55. The molecule has 3 heteroatoms. The van der Waals surface area contributed by atoms with Crippen LogP contribution in [0.3, 0.4) is 0 Å². The number of hydrogen-bond acceptors (Lipinski definition) is 3. The Balaban J connectivity index is 1.89. The van der Waals surface area contributed by atoms with Crippen molar-refractivity contribution < 1.29 is 14.2 Å². The molecule has 2 fully saturated rings. The van der Waals surface area contributed by atoms with E-state index in [1.807, 2.05) is 0 Å². The average Bonchev–Trinajstić information content (AvgIpc) is 2.88. The molecule has 0 amide bonds. The Morgan fingerprint density at radius 1 is 1.00 bits per heavy atom. The monoisotopic (exact) mass is 196 g/mol. The summed E-state index contributed by atoms with van der Waals surface area (Å²) in [5.74, 6) is 2.32. The van der Waals surface area contributed by atoms with Crippen molar-refractivity contribution in [1.82, 2.24) is 0 Å². The Bertz CT molecular complexity index is 239. The molecule has 1 aliphatic heterocycles. The van der Waals surface area contributed by atoms with E-state index in [0.717, 1.165) is 0 Å². The first-order valence-electron chi connectivity index (χ1n) is 5.24. The lowest BCUT2D eigenvalue weighted by Gasteiger charge is -2.23. The van der Waals surface area contributed by atoms with Gasteiger partial charge in [-0.15, -0.1) is 0 Å². The normalized spacial score (nSPS) is 54.1. The maximum absolute atomic E-state index is 5.72. The van der Waals surface area contributed by atoms with E-state index in [0.29, 0.717) is 23.7 Å². The van der Waals surface area contributed by atoms with Gasteiger partial charge in [-0.05, 0) is 18.3 Å². The van der Waals surface area contributed by atoms with Gasteiger partial charge >= 0.3 is 0 Å². The van der Waals surface area contributed by atoms with Gasteiger partial charge < -0.3 is 14.2 Å². The van der Waals surface area contributed by atoms with Gasteiger partial charge in [-0.1, -0.05) is 12.2 Å². The first-order valence-corrected chi connectivity index (χ1v) is 5.24. The Kier molecular flexibility index (Phi) is 1.94. The highest BCUT2D eigenvalue weighted by Gasteiger charge is 2.57. The molecule has 14 heavy (non-hydrogen) atoms. The van der Waals surface area contributed by atoms with Gasteiger partial charge in [0.1, 0.15) is 0 Å². The third-order valence-corrected chi connectivity index (χ3v) is 3.94. The van der Waals surface area contributed by atoms with Gasteiger partial charge in [0, 0.05) is 26.1 Å². The lowest BCUT2D eigenvalue weighted by atomic mass is 9.84. The number of fused-ring (bicyclic) bond motifs is 5. The van der Waals surface area contributed by atoms with E-state index in [2.05, 4.69) is 12.2 Å². The highest BCUT2D eigenvalue weighted by Crippen LogP contribution is 2.55. The number of ether oxygens (including phenoxy) is 3. The van der Waals surface area contributed by atoms with Gasteiger partial charge in [-0.2, -0.15) is 0 Å². The maximum Gasteiger partial charge on any atom is 0.164 e. The minimum absolute atomic E-state index is 0.0649. The summed E-state index contributed by atoms with van der Waals surface area (Å²) in [6.07, 6.45) is 5.77. The molecule has 0 spiro atoms. The molecule has 3 rings (SSSR count). The molecule has 1 heterocycles. The number of hydrogen-bond donors (Lipinski definition) is 0. The van der Waals surface area contributed by atoms with E-state index >= 15 is 0 Å². The summed E-state index contributed by atoms with van der Waals surface area (Å²) >= 11 is 0. The molecule has 0 radical (unpaired) electrons. The third kappa shape index (κ3) is 0.977. The molecule has 0 aromatic carbocycles. The highest BCUT2D eigenvalue weighted by atomic mass is 16.8. The molecule has 0 aromatic heterocycles. The fourth-order valence-electron chi connectivity index (χ4n) is 3.40. The topological polar surface area (TPSA) is 27.7 Å². The van der Waals surface area contributed by atoms with Crippen LogP contribution in [0.1, 0.15) is 6.42 Å². The zero-order chi connectivity index (χ0) is 9.71. The Morgan fingerprint density at radius 2 is 1.50 bits per heavy atom. The van der Waals surface area contributed by atoms with Crippen molar-refractivity contribution in [2.24, 2.45) is 23.7 Å². The summed E-state index contributed by atoms with van der Waals surface area (Å²) in [6.45, 7) is 0. The van der Waals surface area contributed by atoms with Gasteiger partial charge in [0.15, 0.2) is 12.6 Å². The quantitative estimate of drug-likeness (QED) is 0.625. The summed E-state index contributed by atoms with van der Waals surface area (Å²) in [6, 6.07) is 0. The molecule has 3 nitrogen and oxygen atoms in total. The Labute approximate surface area is 84.0 Å². The van der Waals surface area contributed by atoms with E-state index in [1.165, 1.54) is 6.42 Å². The lowest BCUT2D eigenvalue weighted by molar-refractivity contribution is -0.202. The third-order valence-electron chi connectivity index (χ3n) is 3.94. The number of allylic oxidation sites excluding steroid dienone is 2. The van der Waals surface area contributed by atoms with Crippen LogP contribution in [-0.2, 0) is 14.2 Å². The second-order valence-corrected chi connectivity index (χ2v) is 4.45. The smallest absolute Gasteiger partial charge is 0.164 e. The summed E-state index contributed by atoms with van der Waals surface area (Å²) in [5, 5.41) is 0. The average molecular weight is 196 g/mol. The summed E-state index contributed by atoms with van der Waals surface area (Å²) in [4.78, 5) is 0. The summed E-state index contributed by atoms with van der Waals surface area (Å²) in [7, 11) is 3.44. The second-order valence-electron chi connectivity index (χ2n) is 4.45. The van der Waals surface area contributed by atoms with Crippen molar-refractivity contribution in [2.45, 2.75) is 19.0 Å². The van der Waals surface area contributed by atoms with Crippen molar-refractivity contribution in [2.75, 3.05) is 14.2 Å². The highest BCUT2D eigenvalue weighted by molar-refractivity contribution is 5.16. The SMILES string of the molecule is CO[C@@H]1O[C@@H](OC)[C@H]2[C@H]1[C@H]1C=C[C@H]2C1. The Hall–Kier alpha value is -0.380. The largest absolute Gasteiger partial charge is 0.355 e. The fourth-order valence-corrected chi connectivity index (χ4v) is 3.40. The minimum atomic E-state index is -0.0649. The van der Waals surface area contributed by atoms with Crippen molar-refractivity contribution in [3.05, 3.63) is 12.2 Å². The van der Waals surface area contributed by atoms with Crippen LogP contribution in [0.4, 0.5) is 0 Å². The fraction of sp³-hybridized carbons (Fsp3) is 0.818. The van der Waals surface area contributed by atoms with E-state index in [1.54, 1.807) is 14.2 Å². The molecular weight excluding hydrogens is 180 g/mol. The van der Waals surface area contributed by atoms with Gasteiger partial charge in [-0.25, -0.2) is 0 Å². The maximum atomic E-state index is 5.72. The van der Waals surface area contributed by atoms with Crippen LogP contribution in [0.25, 0.3) is 0 Å².